The molecule has 0 saturated heterocycles. The number of rotatable bonds is 8. The number of carbonyl (C=O) groups excluding carboxylic acids is 1. The van der Waals surface area contributed by atoms with Crippen molar-refractivity contribution in [2.75, 3.05) is 0 Å². The highest BCUT2D eigenvalue weighted by molar-refractivity contribution is 6.31. The SMILES string of the molecule is BCCCCCCCc1ccc(C=O)cc1Cl. The molecule has 0 amide bonds. The Balaban J connectivity index is 2.29. The van der Waals surface area contributed by atoms with Gasteiger partial charge in [-0.05, 0) is 24.5 Å². The van der Waals surface area contributed by atoms with Gasteiger partial charge in [-0.25, -0.2) is 0 Å². The van der Waals surface area contributed by atoms with Gasteiger partial charge in [0, 0.05) is 10.6 Å². The number of benzene rings is 1. The van der Waals surface area contributed by atoms with Crippen molar-refractivity contribution in [3.63, 3.8) is 0 Å². The number of unbranched alkanes of at least 4 members (excludes halogenated alkanes) is 4. The molecule has 1 aromatic rings. The Kier molecular flexibility index (Phi) is 7.03. The lowest BCUT2D eigenvalue weighted by atomic mass is 9.98. The summed E-state index contributed by atoms with van der Waals surface area (Å²) in [6, 6.07) is 5.56. The monoisotopic (exact) mass is 250 g/mol. The predicted octanol–water partition coefficient (Wildman–Crippen LogP) is 3.70. The van der Waals surface area contributed by atoms with Crippen molar-refractivity contribution in [2.45, 2.75) is 44.8 Å². The minimum Gasteiger partial charge on any atom is -0.298 e. The van der Waals surface area contributed by atoms with Gasteiger partial charge in [-0.3, -0.25) is 4.79 Å². The summed E-state index contributed by atoms with van der Waals surface area (Å²) in [6.07, 6.45) is 9.60. The molecule has 0 saturated carbocycles. The largest absolute Gasteiger partial charge is 0.298 e. The van der Waals surface area contributed by atoms with Crippen molar-refractivity contribution >= 4 is 25.7 Å². The molecule has 1 rings (SSSR count). The molecule has 0 N–H and O–H groups in total. The van der Waals surface area contributed by atoms with Gasteiger partial charge in [-0.1, -0.05) is 55.7 Å². The summed E-state index contributed by atoms with van der Waals surface area (Å²) in [6.45, 7) is 0. The first-order chi connectivity index (χ1) is 8.27. The molecule has 0 radical (unpaired) electrons. The maximum absolute atomic E-state index is 10.6. The molecule has 0 spiro atoms. The van der Waals surface area contributed by atoms with Gasteiger partial charge in [0.1, 0.15) is 14.1 Å². The Morgan fingerprint density at radius 1 is 1.12 bits per heavy atom. The molecule has 0 heterocycles. The molecule has 0 bridgehead atoms. The van der Waals surface area contributed by atoms with E-state index in [1.54, 1.807) is 6.07 Å². The van der Waals surface area contributed by atoms with Crippen LogP contribution in [0.15, 0.2) is 18.2 Å². The van der Waals surface area contributed by atoms with Crippen molar-refractivity contribution in [3.05, 3.63) is 34.3 Å². The molecule has 1 nitrogen and oxygen atoms in total. The smallest absolute Gasteiger partial charge is 0.150 e. The van der Waals surface area contributed by atoms with Crippen LogP contribution in [0.1, 0.15) is 48.0 Å². The predicted molar refractivity (Wildman–Crippen MR) is 77.0 cm³/mol. The van der Waals surface area contributed by atoms with E-state index in [0.29, 0.717) is 5.56 Å². The Hall–Kier alpha value is -0.755. The maximum atomic E-state index is 10.6. The van der Waals surface area contributed by atoms with Crippen LogP contribution in [0.5, 0.6) is 0 Å². The molecule has 0 aliphatic carbocycles. The molecule has 0 aliphatic rings. The molecule has 0 atom stereocenters. The number of halogens is 1. The van der Waals surface area contributed by atoms with E-state index in [1.807, 2.05) is 12.1 Å². The Bertz CT molecular complexity index is 352. The van der Waals surface area contributed by atoms with Crippen molar-refractivity contribution in [3.8, 4) is 0 Å². The van der Waals surface area contributed by atoms with Crippen molar-refractivity contribution in [2.24, 2.45) is 0 Å². The van der Waals surface area contributed by atoms with E-state index in [1.165, 1.54) is 38.4 Å². The van der Waals surface area contributed by atoms with Gasteiger partial charge in [0.2, 0.25) is 0 Å². The zero-order chi connectivity index (χ0) is 12.5. The highest BCUT2D eigenvalue weighted by Gasteiger charge is 2.01. The fourth-order valence-electron chi connectivity index (χ4n) is 1.94. The Labute approximate surface area is 110 Å². The summed E-state index contributed by atoms with van der Waals surface area (Å²) in [5, 5.41) is 0.725. The van der Waals surface area contributed by atoms with Gasteiger partial charge in [0.15, 0.2) is 0 Å². The molecular weight excluding hydrogens is 230 g/mol. The van der Waals surface area contributed by atoms with Crippen LogP contribution in [0.4, 0.5) is 0 Å². The first-order valence-corrected chi connectivity index (χ1v) is 6.89. The average molecular weight is 251 g/mol. The third-order valence-corrected chi connectivity index (χ3v) is 3.36. The van der Waals surface area contributed by atoms with Crippen LogP contribution in [0.3, 0.4) is 0 Å². The number of carbonyl (C=O) groups is 1. The van der Waals surface area contributed by atoms with Crippen molar-refractivity contribution in [1.82, 2.24) is 0 Å². The van der Waals surface area contributed by atoms with Gasteiger partial charge in [-0.15, -0.1) is 0 Å². The average Bonchev–Trinajstić information content (AvgIpc) is 2.35. The fraction of sp³-hybridized carbons (Fsp3) is 0.500. The van der Waals surface area contributed by atoms with E-state index in [9.17, 15) is 4.79 Å². The number of hydrogen-bond donors (Lipinski definition) is 0. The lowest BCUT2D eigenvalue weighted by molar-refractivity contribution is 0.112. The zero-order valence-electron chi connectivity index (χ0n) is 10.5. The van der Waals surface area contributed by atoms with Crippen LogP contribution < -0.4 is 0 Å². The van der Waals surface area contributed by atoms with Crippen LogP contribution in [-0.2, 0) is 6.42 Å². The van der Waals surface area contributed by atoms with E-state index in [0.717, 1.165) is 23.3 Å². The normalized spacial score (nSPS) is 10.4. The van der Waals surface area contributed by atoms with Gasteiger partial charge in [-0.2, -0.15) is 0 Å². The molecule has 0 aliphatic heterocycles. The standard InChI is InChI=1S/C14H20BClO/c15-9-5-3-1-2-4-6-13-8-7-12(11-17)10-14(13)16/h7-8,10-11H,1-6,9,15H2. The lowest BCUT2D eigenvalue weighted by Gasteiger charge is -2.05. The molecule has 0 aromatic heterocycles. The first-order valence-electron chi connectivity index (χ1n) is 6.51. The third-order valence-electron chi connectivity index (χ3n) is 3.01. The van der Waals surface area contributed by atoms with Gasteiger partial charge < -0.3 is 0 Å². The number of aldehydes is 1. The highest BCUT2D eigenvalue weighted by Crippen LogP contribution is 2.20. The minimum absolute atomic E-state index is 0.654. The Morgan fingerprint density at radius 3 is 2.47 bits per heavy atom. The number of aryl methyl sites for hydroxylation is 1. The van der Waals surface area contributed by atoms with Gasteiger partial charge >= 0.3 is 0 Å². The van der Waals surface area contributed by atoms with E-state index >= 15 is 0 Å². The lowest BCUT2D eigenvalue weighted by Crippen LogP contribution is -1.90. The van der Waals surface area contributed by atoms with Gasteiger partial charge in [0.05, 0.1) is 0 Å². The van der Waals surface area contributed by atoms with E-state index < -0.39 is 0 Å². The summed E-state index contributed by atoms with van der Waals surface area (Å²) in [5.74, 6) is 0. The molecule has 92 valence electrons. The van der Waals surface area contributed by atoms with E-state index in [-0.39, 0.29) is 0 Å². The maximum Gasteiger partial charge on any atom is 0.150 e. The topological polar surface area (TPSA) is 17.1 Å². The molecular formula is C14H20BClO. The van der Waals surface area contributed by atoms with Crippen LogP contribution in [0.25, 0.3) is 0 Å². The summed E-state index contributed by atoms with van der Waals surface area (Å²) in [5.41, 5.74) is 1.81. The minimum atomic E-state index is 0.654. The van der Waals surface area contributed by atoms with Crippen LogP contribution in [-0.4, -0.2) is 14.1 Å². The third kappa shape index (κ3) is 5.40. The molecule has 17 heavy (non-hydrogen) atoms. The quantitative estimate of drug-likeness (QED) is 0.391. The van der Waals surface area contributed by atoms with Crippen molar-refractivity contribution in [1.29, 1.82) is 0 Å². The van der Waals surface area contributed by atoms with Crippen LogP contribution in [0, 0.1) is 0 Å². The molecule has 0 fully saturated rings. The van der Waals surface area contributed by atoms with E-state index in [2.05, 4.69) is 7.85 Å². The van der Waals surface area contributed by atoms with E-state index in [4.69, 9.17) is 11.6 Å². The molecule has 1 aromatic carbocycles. The van der Waals surface area contributed by atoms with Crippen LogP contribution >= 0.6 is 11.6 Å². The zero-order valence-corrected chi connectivity index (χ0v) is 11.3. The molecule has 0 unspecified atom stereocenters. The summed E-state index contributed by atoms with van der Waals surface area (Å²) in [7, 11) is 2.23. The second-order valence-corrected chi connectivity index (χ2v) is 4.89. The number of hydrogen-bond acceptors (Lipinski definition) is 1. The summed E-state index contributed by atoms with van der Waals surface area (Å²) >= 11 is 6.11. The van der Waals surface area contributed by atoms with Crippen LogP contribution in [0.2, 0.25) is 11.3 Å². The summed E-state index contributed by atoms with van der Waals surface area (Å²) in [4.78, 5) is 10.6. The van der Waals surface area contributed by atoms with Gasteiger partial charge in [0.25, 0.3) is 0 Å². The highest BCUT2D eigenvalue weighted by atomic mass is 35.5. The molecule has 3 heteroatoms. The first kappa shape index (κ1) is 14.3. The second kappa shape index (κ2) is 8.35. The second-order valence-electron chi connectivity index (χ2n) is 4.49. The van der Waals surface area contributed by atoms with Crippen molar-refractivity contribution < 1.29 is 4.79 Å². The Morgan fingerprint density at radius 2 is 1.82 bits per heavy atom. The fourth-order valence-corrected chi connectivity index (χ4v) is 2.22. The summed E-state index contributed by atoms with van der Waals surface area (Å²) < 4.78 is 0.